The van der Waals surface area contributed by atoms with Crippen molar-refractivity contribution in [1.82, 2.24) is 15.2 Å². The Morgan fingerprint density at radius 2 is 2.25 bits per heavy atom. The van der Waals surface area contributed by atoms with E-state index in [1.807, 2.05) is 18.4 Å². The molecule has 1 N–H and O–H groups in total. The molecule has 5 nitrogen and oxygen atoms in total. The topological polar surface area (TPSA) is 54.5 Å². The summed E-state index contributed by atoms with van der Waals surface area (Å²) in [5, 5.41) is 5.87. The fraction of sp³-hybridized carbons (Fsp3) is 0.444. The van der Waals surface area contributed by atoms with Gasteiger partial charge in [-0.15, -0.1) is 11.3 Å². The molecule has 3 rings (SSSR count). The van der Waals surface area contributed by atoms with Crippen LogP contribution in [-0.2, 0) is 22.6 Å². The summed E-state index contributed by atoms with van der Waals surface area (Å²) < 4.78 is 5.76. The van der Waals surface area contributed by atoms with Crippen molar-refractivity contribution in [2.45, 2.75) is 32.5 Å². The summed E-state index contributed by atoms with van der Waals surface area (Å²) in [6.45, 7) is 5.73. The number of carbonyl (C=O) groups is 1. The van der Waals surface area contributed by atoms with Gasteiger partial charge in [-0.3, -0.25) is 9.69 Å². The second-order valence-electron chi connectivity index (χ2n) is 6.08. The van der Waals surface area contributed by atoms with Gasteiger partial charge in [-0.25, -0.2) is 4.98 Å². The molecule has 1 aliphatic heterocycles. The summed E-state index contributed by atoms with van der Waals surface area (Å²) in [5.74, 6) is 0.0226. The highest BCUT2D eigenvalue weighted by atomic mass is 32.1. The van der Waals surface area contributed by atoms with Crippen LogP contribution in [0.5, 0.6) is 0 Å². The van der Waals surface area contributed by atoms with Crippen LogP contribution in [0, 0.1) is 6.92 Å². The predicted octanol–water partition coefficient (Wildman–Crippen LogP) is 2.36. The third kappa shape index (κ3) is 5.12. The van der Waals surface area contributed by atoms with Crippen LogP contribution in [0.1, 0.15) is 22.7 Å². The number of nitrogens with one attached hydrogen (secondary N) is 1. The normalized spacial score (nSPS) is 18.5. The number of ether oxygens (including phenoxy) is 1. The lowest BCUT2D eigenvalue weighted by Crippen LogP contribution is -2.44. The van der Waals surface area contributed by atoms with E-state index in [-0.39, 0.29) is 12.0 Å². The minimum Gasteiger partial charge on any atom is -0.375 e. The Hall–Kier alpha value is -1.76. The van der Waals surface area contributed by atoms with Crippen LogP contribution in [0.15, 0.2) is 35.7 Å². The molecule has 0 bridgehead atoms. The molecule has 1 fully saturated rings. The quantitative estimate of drug-likeness (QED) is 0.873. The number of rotatable bonds is 6. The predicted molar refractivity (Wildman–Crippen MR) is 94.8 cm³/mol. The number of benzene rings is 1. The molecular weight excluding hydrogens is 322 g/mol. The van der Waals surface area contributed by atoms with Gasteiger partial charge in [-0.2, -0.15) is 0 Å². The molecule has 1 amide bonds. The lowest BCUT2D eigenvalue weighted by molar-refractivity contribution is -0.126. The molecule has 1 saturated heterocycles. The molecule has 2 aromatic rings. The Balaban J connectivity index is 1.43. The van der Waals surface area contributed by atoms with Gasteiger partial charge in [-0.1, -0.05) is 30.3 Å². The molecule has 128 valence electrons. The number of amides is 1. The molecule has 6 heteroatoms. The van der Waals surface area contributed by atoms with Crippen molar-refractivity contribution in [3.63, 3.8) is 0 Å². The van der Waals surface area contributed by atoms with E-state index in [2.05, 4.69) is 39.5 Å². The maximum atomic E-state index is 12.1. The summed E-state index contributed by atoms with van der Waals surface area (Å²) in [6, 6.07) is 10.4. The van der Waals surface area contributed by atoms with E-state index < -0.39 is 0 Å². The molecule has 0 radical (unpaired) electrons. The molecule has 1 aliphatic rings. The standard InChI is InChI=1S/C18H23N3O2S/c1-14-13-24-18(20-14)10-19-17(22)9-16-12-21(7-8-23-16)11-15-5-3-2-4-6-15/h2-6,13,16H,7-12H2,1H3,(H,19,22). The lowest BCUT2D eigenvalue weighted by Gasteiger charge is -2.32. The highest BCUT2D eigenvalue weighted by Gasteiger charge is 2.22. The molecule has 2 heterocycles. The summed E-state index contributed by atoms with van der Waals surface area (Å²) in [5.41, 5.74) is 2.29. The Kier molecular flexibility index (Phi) is 5.96. The van der Waals surface area contributed by atoms with Crippen LogP contribution in [0.25, 0.3) is 0 Å². The van der Waals surface area contributed by atoms with E-state index in [0.29, 0.717) is 19.6 Å². The highest BCUT2D eigenvalue weighted by Crippen LogP contribution is 2.13. The van der Waals surface area contributed by atoms with Crippen molar-refractivity contribution in [1.29, 1.82) is 0 Å². The molecule has 24 heavy (non-hydrogen) atoms. The van der Waals surface area contributed by atoms with Gasteiger partial charge in [0.05, 0.1) is 25.7 Å². The van der Waals surface area contributed by atoms with E-state index in [4.69, 9.17) is 4.74 Å². The van der Waals surface area contributed by atoms with Crippen molar-refractivity contribution in [3.8, 4) is 0 Å². The van der Waals surface area contributed by atoms with Gasteiger partial charge in [0.2, 0.25) is 5.91 Å². The average Bonchev–Trinajstić information content (AvgIpc) is 3.00. The molecule has 0 aliphatic carbocycles. The zero-order chi connectivity index (χ0) is 16.8. The van der Waals surface area contributed by atoms with Crippen LogP contribution >= 0.6 is 11.3 Å². The monoisotopic (exact) mass is 345 g/mol. The van der Waals surface area contributed by atoms with Crippen LogP contribution in [0.4, 0.5) is 0 Å². The third-order valence-corrected chi connectivity index (χ3v) is 4.95. The van der Waals surface area contributed by atoms with Crippen molar-refractivity contribution in [3.05, 3.63) is 52.0 Å². The molecule has 1 atom stereocenters. The first-order valence-electron chi connectivity index (χ1n) is 8.24. The Labute approximate surface area is 146 Å². The largest absolute Gasteiger partial charge is 0.375 e. The van der Waals surface area contributed by atoms with Gasteiger partial charge >= 0.3 is 0 Å². The Morgan fingerprint density at radius 3 is 3.00 bits per heavy atom. The van der Waals surface area contributed by atoms with Gasteiger partial charge in [0.25, 0.3) is 0 Å². The number of morpholine rings is 1. The summed E-state index contributed by atoms with van der Waals surface area (Å²) in [6.07, 6.45) is 0.357. The first-order chi connectivity index (χ1) is 11.7. The molecule has 1 aromatic carbocycles. The lowest BCUT2D eigenvalue weighted by atomic mass is 10.1. The van der Waals surface area contributed by atoms with Crippen LogP contribution in [0.3, 0.4) is 0 Å². The number of aromatic nitrogens is 1. The number of thiazole rings is 1. The van der Waals surface area contributed by atoms with Crippen molar-refractivity contribution in [2.75, 3.05) is 19.7 Å². The maximum Gasteiger partial charge on any atom is 0.223 e. The average molecular weight is 345 g/mol. The summed E-state index contributed by atoms with van der Waals surface area (Å²) in [4.78, 5) is 18.8. The van der Waals surface area contributed by atoms with E-state index in [9.17, 15) is 4.79 Å². The second kappa shape index (κ2) is 8.37. The fourth-order valence-corrected chi connectivity index (χ4v) is 3.54. The maximum absolute atomic E-state index is 12.1. The summed E-state index contributed by atoms with van der Waals surface area (Å²) >= 11 is 1.57. The minimum absolute atomic E-state index is 0.0226. The number of hydrogen-bond acceptors (Lipinski definition) is 5. The number of carbonyl (C=O) groups excluding carboxylic acids is 1. The van der Waals surface area contributed by atoms with Crippen molar-refractivity contribution >= 4 is 17.2 Å². The highest BCUT2D eigenvalue weighted by molar-refractivity contribution is 7.09. The number of hydrogen-bond donors (Lipinski definition) is 1. The van der Waals surface area contributed by atoms with Gasteiger partial charge in [0.15, 0.2) is 0 Å². The molecular formula is C18H23N3O2S. The smallest absolute Gasteiger partial charge is 0.223 e. The minimum atomic E-state index is -0.0412. The van der Waals surface area contributed by atoms with E-state index in [1.54, 1.807) is 11.3 Å². The van der Waals surface area contributed by atoms with Crippen LogP contribution < -0.4 is 5.32 Å². The van der Waals surface area contributed by atoms with Crippen LogP contribution in [0.2, 0.25) is 0 Å². The van der Waals surface area contributed by atoms with E-state index in [1.165, 1.54) is 5.56 Å². The SMILES string of the molecule is Cc1csc(CNC(=O)CC2CN(Cc3ccccc3)CCO2)n1. The zero-order valence-corrected chi connectivity index (χ0v) is 14.7. The van der Waals surface area contributed by atoms with E-state index >= 15 is 0 Å². The molecule has 1 aromatic heterocycles. The molecule has 0 spiro atoms. The fourth-order valence-electron chi connectivity index (χ4n) is 2.83. The van der Waals surface area contributed by atoms with Crippen LogP contribution in [-0.4, -0.2) is 41.6 Å². The molecule has 0 saturated carbocycles. The zero-order valence-electron chi connectivity index (χ0n) is 13.9. The van der Waals surface area contributed by atoms with Crippen molar-refractivity contribution < 1.29 is 9.53 Å². The van der Waals surface area contributed by atoms with Gasteiger partial charge < -0.3 is 10.1 Å². The number of aryl methyl sites for hydroxylation is 1. The van der Waals surface area contributed by atoms with E-state index in [0.717, 1.165) is 30.3 Å². The Bertz CT molecular complexity index is 659. The summed E-state index contributed by atoms with van der Waals surface area (Å²) in [7, 11) is 0. The van der Waals surface area contributed by atoms with Gasteiger partial charge in [0.1, 0.15) is 5.01 Å². The molecule has 1 unspecified atom stereocenters. The Morgan fingerprint density at radius 1 is 1.42 bits per heavy atom. The number of nitrogens with zero attached hydrogens (tertiary/aromatic N) is 2. The first kappa shape index (κ1) is 17.1. The van der Waals surface area contributed by atoms with Crippen molar-refractivity contribution in [2.24, 2.45) is 0 Å². The third-order valence-electron chi connectivity index (χ3n) is 3.99. The second-order valence-corrected chi connectivity index (χ2v) is 7.02. The van der Waals surface area contributed by atoms with Gasteiger partial charge in [0, 0.05) is 30.7 Å². The van der Waals surface area contributed by atoms with Gasteiger partial charge in [-0.05, 0) is 12.5 Å². The first-order valence-corrected chi connectivity index (χ1v) is 9.12.